The SMILES string of the molecule is NC(=O)N(c1cccc2ccccc12)S(N)(=O)=O. The number of hydrogen-bond acceptors (Lipinski definition) is 3. The molecule has 6 nitrogen and oxygen atoms in total. The first-order chi connectivity index (χ1) is 8.41. The van der Waals surface area contributed by atoms with Gasteiger partial charge in [-0.25, -0.2) is 9.93 Å². The number of carbonyl (C=O) groups is 1. The normalized spacial score (nSPS) is 11.4. The molecule has 0 aromatic heterocycles. The third-order valence-electron chi connectivity index (χ3n) is 2.44. The first-order valence-corrected chi connectivity index (χ1v) is 6.52. The lowest BCUT2D eigenvalue weighted by Crippen LogP contribution is -2.44. The highest BCUT2D eigenvalue weighted by Crippen LogP contribution is 2.27. The van der Waals surface area contributed by atoms with Crippen LogP contribution < -0.4 is 15.2 Å². The van der Waals surface area contributed by atoms with E-state index in [1.165, 1.54) is 6.07 Å². The molecule has 0 bridgehead atoms. The molecular formula is C11H11N3O3S. The van der Waals surface area contributed by atoms with E-state index >= 15 is 0 Å². The van der Waals surface area contributed by atoms with Crippen molar-refractivity contribution in [1.82, 2.24) is 0 Å². The number of nitrogens with zero attached hydrogens (tertiary/aromatic N) is 1. The first kappa shape index (κ1) is 12.3. The third kappa shape index (κ3) is 2.13. The minimum atomic E-state index is -4.25. The Bertz CT molecular complexity index is 707. The van der Waals surface area contributed by atoms with Crippen LogP contribution in [-0.4, -0.2) is 14.4 Å². The lowest BCUT2D eigenvalue weighted by atomic mass is 10.1. The van der Waals surface area contributed by atoms with Crippen LogP contribution in [0.25, 0.3) is 10.8 Å². The summed E-state index contributed by atoms with van der Waals surface area (Å²) in [5.74, 6) is 0. The number of nitrogens with two attached hydrogens (primary N) is 2. The Balaban J connectivity index is 2.77. The summed E-state index contributed by atoms with van der Waals surface area (Å²) in [7, 11) is -4.25. The molecule has 2 amide bonds. The van der Waals surface area contributed by atoms with E-state index in [1.807, 2.05) is 0 Å². The minimum Gasteiger partial charge on any atom is -0.350 e. The average Bonchev–Trinajstić information content (AvgIpc) is 2.27. The molecule has 0 radical (unpaired) electrons. The second kappa shape index (κ2) is 4.28. The predicted octanol–water partition coefficient (Wildman–Crippen LogP) is 0.928. The molecule has 0 aliphatic carbocycles. The van der Waals surface area contributed by atoms with Crippen LogP contribution in [0.3, 0.4) is 0 Å². The average molecular weight is 265 g/mol. The van der Waals surface area contributed by atoms with Crippen molar-refractivity contribution in [2.75, 3.05) is 4.31 Å². The van der Waals surface area contributed by atoms with E-state index in [0.717, 1.165) is 5.39 Å². The van der Waals surface area contributed by atoms with Gasteiger partial charge in [-0.15, -0.1) is 0 Å². The fraction of sp³-hybridized carbons (Fsp3) is 0. The number of amides is 2. The van der Waals surface area contributed by atoms with Crippen LogP contribution in [0.5, 0.6) is 0 Å². The molecule has 2 aromatic rings. The highest BCUT2D eigenvalue weighted by molar-refractivity contribution is 7.91. The van der Waals surface area contributed by atoms with E-state index in [-0.39, 0.29) is 5.69 Å². The highest BCUT2D eigenvalue weighted by Gasteiger charge is 2.25. The second-order valence-corrected chi connectivity index (χ2v) is 5.04. The van der Waals surface area contributed by atoms with Crippen LogP contribution in [0.2, 0.25) is 0 Å². The van der Waals surface area contributed by atoms with E-state index in [1.54, 1.807) is 36.4 Å². The molecule has 0 saturated heterocycles. The summed E-state index contributed by atoms with van der Waals surface area (Å²) in [6.45, 7) is 0. The Morgan fingerprint density at radius 1 is 1.06 bits per heavy atom. The summed E-state index contributed by atoms with van der Waals surface area (Å²) in [5, 5.41) is 6.36. The summed E-state index contributed by atoms with van der Waals surface area (Å²) in [6.07, 6.45) is 0. The molecule has 0 spiro atoms. The molecular weight excluding hydrogens is 254 g/mol. The van der Waals surface area contributed by atoms with Gasteiger partial charge in [0.15, 0.2) is 0 Å². The topological polar surface area (TPSA) is 106 Å². The van der Waals surface area contributed by atoms with Crippen molar-refractivity contribution in [2.24, 2.45) is 10.9 Å². The van der Waals surface area contributed by atoms with E-state index in [2.05, 4.69) is 0 Å². The molecule has 94 valence electrons. The van der Waals surface area contributed by atoms with Gasteiger partial charge >= 0.3 is 16.2 Å². The number of rotatable bonds is 2. The van der Waals surface area contributed by atoms with Gasteiger partial charge in [-0.1, -0.05) is 36.4 Å². The van der Waals surface area contributed by atoms with Crippen LogP contribution >= 0.6 is 0 Å². The molecule has 4 N–H and O–H groups in total. The molecule has 0 aliphatic heterocycles. The van der Waals surface area contributed by atoms with Gasteiger partial charge in [-0.3, -0.25) is 0 Å². The Kier molecular flexibility index (Phi) is 2.93. The van der Waals surface area contributed by atoms with Crippen LogP contribution in [0.4, 0.5) is 10.5 Å². The molecule has 2 rings (SSSR count). The Hall–Kier alpha value is -2.12. The number of primary amides is 1. The van der Waals surface area contributed by atoms with Crippen molar-refractivity contribution in [3.8, 4) is 0 Å². The fourth-order valence-corrected chi connectivity index (χ4v) is 2.45. The van der Waals surface area contributed by atoms with E-state index in [4.69, 9.17) is 10.9 Å². The van der Waals surface area contributed by atoms with Gasteiger partial charge in [-0.05, 0) is 11.5 Å². The van der Waals surface area contributed by atoms with Crippen molar-refractivity contribution in [3.63, 3.8) is 0 Å². The van der Waals surface area contributed by atoms with Crippen molar-refractivity contribution in [1.29, 1.82) is 0 Å². The fourth-order valence-electron chi connectivity index (χ4n) is 1.77. The highest BCUT2D eigenvalue weighted by atomic mass is 32.2. The van der Waals surface area contributed by atoms with Gasteiger partial charge in [-0.2, -0.15) is 12.7 Å². The third-order valence-corrected chi connectivity index (χ3v) is 3.33. The van der Waals surface area contributed by atoms with Gasteiger partial charge in [0, 0.05) is 5.39 Å². The van der Waals surface area contributed by atoms with Gasteiger partial charge in [0.25, 0.3) is 0 Å². The van der Waals surface area contributed by atoms with Crippen molar-refractivity contribution in [2.45, 2.75) is 0 Å². The van der Waals surface area contributed by atoms with Crippen molar-refractivity contribution >= 4 is 32.7 Å². The minimum absolute atomic E-state index is 0.142. The molecule has 7 heteroatoms. The zero-order valence-corrected chi connectivity index (χ0v) is 10.1. The van der Waals surface area contributed by atoms with Crippen molar-refractivity contribution < 1.29 is 13.2 Å². The maximum absolute atomic E-state index is 11.4. The van der Waals surface area contributed by atoms with Gasteiger partial charge in [0.05, 0.1) is 5.69 Å². The lowest BCUT2D eigenvalue weighted by molar-refractivity contribution is 0.257. The first-order valence-electron chi connectivity index (χ1n) is 5.01. The monoisotopic (exact) mass is 265 g/mol. The molecule has 2 aromatic carbocycles. The molecule has 0 saturated carbocycles. The Labute approximate surface area is 104 Å². The smallest absolute Gasteiger partial charge is 0.334 e. The van der Waals surface area contributed by atoms with Gasteiger partial charge < -0.3 is 5.73 Å². The van der Waals surface area contributed by atoms with Crippen LogP contribution in [-0.2, 0) is 10.2 Å². The van der Waals surface area contributed by atoms with Crippen molar-refractivity contribution in [3.05, 3.63) is 42.5 Å². The number of carbonyl (C=O) groups excluding carboxylic acids is 1. The maximum atomic E-state index is 11.4. The number of urea groups is 1. The largest absolute Gasteiger partial charge is 0.350 e. The zero-order valence-electron chi connectivity index (χ0n) is 9.28. The lowest BCUT2D eigenvalue weighted by Gasteiger charge is -2.19. The summed E-state index contributed by atoms with van der Waals surface area (Å²) >= 11 is 0. The molecule has 0 unspecified atom stereocenters. The molecule has 0 heterocycles. The van der Waals surface area contributed by atoms with Gasteiger partial charge in [0.2, 0.25) is 0 Å². The summed E-state index contributed by atoms with van der Waals surface area (Å²) < 4.78 is 23.2. The quantitative estimate of drug-likeness (QED) is 0.843. The zero-order chi connectivity index (χ0) is 13.3. The number of fused-ring (bicyclic) bond motifs is 1. The molecule has 0 atom stereocenters. The number of anilines is 1. The number of hydrogen-bond donors (Lipinski definition) is 2. The second-order valence-electron chi connectivity index (χ2n) is 3.65. The van der Waals surface area contributed by atoms with Gasteiger partial charge in [0.1, 0.15) is 0 Å². The summed E-state index contributed by atoms with van der Waals surface area (Å²) in [5.41, 5.74) is 5.22. The predicted molar refractivity (Wildman–Crippen MR) is 69.1 cm³/mol. The summed E-state index contributed by atoms with van der Waals surface area (Å²) in [4.78, 5) is 11.3. The molecule has 18 heavy (non-hydrogen) atoms. The van der Waals surface area contributed by atoms with Crippen LogP contribution in [0.1, 0.15) is 0 Å². The van der Waals surface area contributed by atoms with E-state index in [0.29, 0.717) is 9.69 Å². The van der Waals surface area contributed by atoms with E-state index in [9.17, 15) is 13.2 Å². The summed E-state index contributed by atoms with van der Waals surface area (Å²) in [6, 6.07) is 10.8. The standard InChI is InChI=1S/C11H11N3O3S/c12-11(15)14(18(13,16)17)10-7-3-5-8-4-1-2-6-9(8)10/h1-7H,(H2,12,15)(H2,13,16,17). The van der Waals surface area contributed by atoms with Crippen LogP contribution in [0.15, 0.2) is 42.5 Å². The number of benzene rings is 2. The molecule has 0 aliphatic rings. The van der Waals surface area contributed by atoms with Crippen LogP contribution in [0, 0.1) is 0 Å². The van der Waals surface area contributed by atoms with E-state index < -0.39 is 16.2 Å². The Morgan fingerprint density at radius 2 is 1.67 bits per heavy atom. The maximum Gasteiger partial charge on any atom is 0.334 e. The molecule has 0 fully saturated rings. The Morgan fingerprint density at radius 3 is 2.28 bits per heavy atom.